The molecule has 0 aromatic heterocycles. The minimum absolute atomic E-state index is 0.00673. The van der Waals surface area contributed by atoms with Crippen LogP contribution in [0.25, 0.3) is 0 Å². The average Bonchev–Trinajstić information content (AvgIpc) is 2.67. The van der Waals surface area contributed by atoms with Crippen LogP contribution < -0.4 is 15.1 Å². The second-order valence-corrected chi connectivity index (χ2v) is 6.06. The van der Waals surface area contributed by atoms with Crippen molar-refractivity contribution < 1.29 is 9.59 Å². The highest BCUT2D eigenvalue weighted by atomic mass is 16.2. The minimum Gasteiger partial charge on any atom is -0.372 e. The summed E-state index contributed by atoms with van der Waals surface area (Å²) in [5.74, 6) is -0.340. The van der Waals surface area contributed by atoms with E-state index in [0.717, 1.165) is 30.0 Å². The van der Waals surface area contributed by atoms with Gasteiger partial charge >= 0.3 is 0 Å². The highest BCUT2D eigenvalue weighted by Gasteiger charge is 2.16. The number of nitrogens with zero attached hydrogens (tertiary/aromatic N) is 2. The zero-order valence-corrected chi connectivity index (χ0v) is 15.7. The summed E-state index contributed by atoms with van der Waals surface area (Å²) < 4.78 is 0. The van der Waals surface area contributed by atoms with Gasteiger partial charge in [-0.25, -0.2) is 0 Å². The molecule has 2 aromatic carbocycles. The van der Waals surface area contributed by atoms with Gasteiger partial charge in [0.2, 0.25) is 11.8 Å². The summed E-state index contributed by atoms with van der Waals surface area (Å²) in [5, 5.41) is 2.86. The fraction of sp³-hybridized carbons (Fsp3) is 0.333. The maximum Gasteiger partial charge on any atom is 0.240 e. The van der Waals surface area contributed by atoms with Crippen LogP contribution in [0.1, 0.15) is 26.3 Å². The number of anilines is 2. The Hall–Kier alpha value is -2.82. The van der Waals surface area contributed by atoms with Crippen molar-refractivity contribution in [3.05, 3.63) is 60.2 Å². The quantitative estimate of drug-likeness (QED) is 0.793. The molecular weight excluding hydrogens is 326 g/mol. The van der Waals surface area contributed by atoms with E-state index in [0.29, 0.717) is 6.54 Å². The van der Waals surface area contributed by atoms with Crippen molar-refractivity contribution in [2.75, 3.05) is 29.4 Å². The molecule has 0 radical (unpaired) electrons. The van der Waals surface area contributed by atoms with Crippen LogP contribution in [0.4, 0.5) is 11.4 Å². The molecule has 0 saturated heterocycles. The Morgan fingerprint density at radius 2 is 1.46 bits per heavy atom. The Kier molecular flexibility index (Phi) is 7.21. The van der Waals surface area contributed by atoms with Gasteiger partial charge in [-0.3, -0.25) is 9.59 Å². The van der Waals surface area contributed by atoms with E-state index in [2.05, 4.69) is 24.1 Å². The molecular formula is C21H27N3O2. The van der Waals surface area contributed by atoms with E-state index in [1.54, 1.807) is 0 Å². The molecule has 0 aliphatic heterocycles. The maximum atomic E-state index is 12.3. The molecule has 5 nitrogen and oxygen atoms in total. The van der Waals surface area contributed by atoms with E-state index >= 15 is 0 Å². The van der Waals surface area contributed by atoms with E-state index in [1.807, 2.05) is 54.6 Å². The predicted molar refractivity (Wildman–Crippen MR) is 106 cm³/mol. The summed E-state index contributed by atoms with van der Waals surface area (Å²) in [7, 11) is 0. The van der Waals surface area contributed by atoms with Gasteiger partial charge in [-0.2, -0.15) is 0 Å². The van der Waals surface area contributed by atoms with Crippen molar-refractivity contribution in [3.63, 3.8) is 0 Å². The number of hydrogen-bond donors (Lipinski definition) is 1. The molecule has 0 heterocycles. The van der Waals surface area contributed by atoms with Crippen molar-refractivity contribution in [3.8, 4) is 0 Å². The van der Waals surface area contributed by atoms with Gasteiger partial charge in [0.05, 0.1) is 0 Å². The van der Waals surface area contributed by atoms with Crippen LogP contribution >= 0.6 is 0 Å². The molecule has 2 amide bonds. The molecule has 138 valence electrons. The number of carbonyl (C=O) groups is 2. The van der Waals surface area contributed by atoms with Gasteiger partial charge in [0.1, 0.15) is 6.54 Å². The SMILES string of the molecule is CCN(CC)c1ccc(N(CC(=O)NCc2ccccc2)C(C)=O)cc1. The lowest BCUT2D eigenvalue weighted by molar-refractivity contribution is -0.123. The maximum absolute atomic E-state index is 12.3. The summed E-state index contributed by atoms with van der Waals surface area (Å²) in [4.78, 5) is 28.0. The van der Waals surface area contributed by atoms with E-state index in [4.69, 9.17) is 0 Å². The summed E-state index contributed by atoms with van der Waals surface area (Å²) in [6.45, 7) is 8.00. The average molecular weight is 353 g/mol. The van der Waals surface area contributed by atoms with Gasteiger partial charge in [0, 0.05) is 37.9 Å². The van der Waals surface area contributed by atoms with Crippen molar-refractivity contribution in [1.29, 1.82) is 0 Å². The van der Waals surface area contributed by atoms with Crippen molar-refractivity contribution in [2.45, 2.75) is 27.3 Å². The Balaban J connectivity index is 2.01. The summed E-state index contributed by atoms with van der Waals surface area (Å²) in [6.07, 6.45) is 0. The van der Waals surface area contributed by atoms with Crippen LogP contribution in [0.5, 0.6) is 0 Å². The van der Waals surface area contributed by atoms with Gasteiger partial charge in [0.25, 0.3) is 0 Å². The molecule has 0 unspecified atom stereocenters. The molecule has 0 spiro atoms. The third kappa shape index (κ3) is 5.34. The van der Waals surface area contributed by atoms with Crippen LogP contribution in [0.3, 0.4) is 0 Å². The number of benzene rings is 2. The molecule has 5 heteroatoms. The standard InChI is InChI=1S/C21H27N3O2/c1-4-23(5-2)19-11-13-20(14-12-19)24(17(3)25)16-21(26)22-15-18-9-7-6-8-10-18/h6-14H,4-5,15-16H2,1-3H3,(H,22,26). The van der Waals surface area contributed by atoms with Gasteiger partial charge in [-0.1, -0.05) is 30.3 Å². The number of rotatable bonds is 8. The Morgan fingerprint density at radius 1 is 0.885 bits per heavy atom. The summed E-state index contributed by atoms with van der Waals surface area (Å²) >= 11 is 0. The molecule has 26 heavy (non-hydrogen) atoms. The molecule has 2 aromatic rings. The van der Waals surface area contributed by atoms with Crippen LogP contribution in [0.2, 0.25) is 0 Å². The monoisotopic (exact) mass is 353 g/mol. The van der Waals surface area contributed by atoms with Crippen LogP contribution in [-0.4, -0.2) is 31.4 Å². The first-order chi connectivity index (χ1) is 12.5. The fourth-order valence-electron chi connectivity index (χ4n) is 2.81. The summed E-state index contributed by atoms with van der Waals surface area (Å²) in [6, 6.07) is 17.5. The molecule has 0 atom stereocenters. The molecule has 2 rings (SSSR count). The third-order valence-corrected chi connectivity index (χ3v) is 4.30. The fourth-order valence-corrected chi connectivity index (χ4v) is 2.81. The number of hydrogen-bond acceptors (Lipinski definition) is 3. The minimum atomic E-state index is -0.183. The first-order valence-electron chi connectivity index (χ1n) is 8.98. The highest BCUT2D eigenvalue weighted by molar-refractivity contribution is 5.97. The van der Waals surface area contributed by atoms with E-state index in [-0.39, 0.29) is 18.4 Å². The normalized spacial score (nSPS) is 10.3. The first-order valence-corrected chi connectivity index (χ1v) is 8.98. The van der Waals surface area contributed by atoms with Gasteiger partial charge in [-0.05, 0) is 43.7 Å². The Bertz CT molecular complexity index is 710. The molecule has 1 N–H and O–H groups in total. The molecule has 0 bridgehead atoms. The molecule has 0 aliphatic rings. The van der Waals surface area contributed by atoms with Crippen LogP contribution in [0.15, 0.2) is 54.6 Å². The smallest absolute Gasteiger partial charge is 0.240 e. The molecule has 0 aliphatic carbocycles. The lowest BCUT2D eigenvalue weighted by Gasteiger charge is -2.24. The lowest BCUT2D eigenvalue weighted by atomic mass is 10.2. The molecule has 0 fully saturated rings. The molecule has 0 saturated carbocycles. The van der Waals surface area contributed by atoms with Crippen molar-refractivity contribution in [1.82, 2.24) is 5.32 Å². The zero-order valence-electron chi connectivity index (χ0n) is 15.7. The van der Waals surface area contributed by atoms with Gasteiger partial charge < -0.3 is 15.1 Å². The van der Waals surface area contributed by atoms with Crippen molar-refractivity contribution in [2.24, 2.45) is 0 Å². The summed E-state index contributed by atoms with van der Waals surface area (Å²) in [5.41, 5.74) is 2.86. The lowest BCUT2D eigenvalue weighted by Crippen LogP contribution is -2.39. The topological polar surface area (TPSA) is 52.6 Å². The van der Waals surface area contributed by atoms with Gasteiger partial charge in [0.15, 0.2) is 0 Å². The van der Waals surface area contributed by atoms with Crippen molar-refractivity contribution >= 4 is 23.2 Å². The van der Waals surface area contributed by atoms with Crippen LogP contribution in [0, 0.1) is 0 Å². The number of amides is 2. The second-order valence-electron chi connectivity index (χ2n) is 6.06. The predicted octanol–water partition coefficient (Wildman–Crippen LogP) is 3.20. The van der Waals surface area contributed by atoms with E-state index in [9.17, 15) is 9.59 Å². The zero-order chi connectivity index (χ0) is 18.9. The first kappa shape index (κ1) is 19.5. The van der Waals surface area contributed by atoms with E-state index < -0.39 is 0 Å². The van der Waals surface area contributed by atoms with Gasteiger partial charge in [-0.15, -0.1) is 0 Å². The number of carbonyl (C=O) groups excluding carboxylic acids is 2. The third-order valence-electron chi connectivity index (χ3n) is 4.30. The second kappa shape index (κ2) is 9.61. The van der Waals surface area contributed by atoms with Crippen LogP contribution in [-0.2, 0) is 16.1 Å². The van der Waals surface area contributed by atoms with E-state index in [1.165, 1.54) is 11.8 Å². The largest absolute Gasteiger partial charge is 0.372 e. The Labute approximate surface area is 155 Å². The highest BCUT2D eigenvalue weighted by Crippen LogP contribution is 2.21. The Morgan fingerprint density at radius 3 is 2.00 bits per heavy atom. The number of nitrogens with one attached hydrogen (secondary N) is 1.